The van der Waals surface area contributed by atoms with Gasteiger partial charge in [-0.25, -0.2) is 4.79 Å². The lowest BCUT2D eigenvalue weighted by Gasteiger charge is -2.02. The zero-order chi connectivity index (χ0) is 12.0. The fourth-order valence-electron chi connectivity index (χ4n) is 1.09. The first-order valence-corrected chi connectivity index (χ1v) is 5.79. The highest BCUT2D eigenvalue weighted by atomic mass is 32.2. The van der Waals surface area contributed by atoms with Gasteiger partial charge in [0.25, 0.3) is 0 Å². The highest BCUT2D eigenvalue weighted by Crippen LogP contribution is 2.17. The molecule has 0 aliphatic carbocycles. The second-order valence-corrected chi connectivity index (χ2v) is 4.33. The largest absolute Gasteiger partial charge is 0.478 e. The van der Waals surface area contributed by atoms with E-state index in [2.05, 4.69) is 5.32 Å². The van der Waals surface area contributed by atoms with Crippen molar-refractivity contribution < 1.29 is 14.7 Å². The Labute approximate surface area is 98.0 Å². The van der Waals surface area contributed by atoms with Crippen molar-refractivity contribution in [3.8, 4) is 0 Å². The standard InChI is InChI=1S/C11H13NO3S/c1-8(13)12-6-7-16-10-4-2-9(3-5-10)11(14)15/h2-5H,6-7H2,1H3,(H,12,13)(H,14,15). The molecule has 1 aromatic carbocycles. The molecule has 1 aromatic rings. The molecule has 16 heavy (non-hydrogen) atoms. The average molecular weight is 239 g/mol. The molecule has 5 heteroatoms. The molecule has 1 amide bonds. The number of nitrogens with one attached hydrogen (secondary N) is 1. The monoisotopic (exact) mass is 239 g/mol. The van der Waals surface area contributed by atoms with Crippen LogP contribution < -0.4 is 5.32 Å². The molecule has 0 heterocycles. The maximum absolute atomic E-state index is 10.6. The van der Waals surface area contributed by atoms with Crippen LogP contribution >= 0.6 is 11.8 Å². The van der Waals surface area contributed by atoms with E-state index in [0.717, 1.165) is 10.6 Å². The first-order valence-electron chi connectivity index (χ1n) is 4.80. The molecule has 0 aliphatic rings. The van der Waals surface area contributed by atoms with E-state index in [1.807, 2.05) is 0 Å². The molecule has 0 fully saturated rings. The van der Waals surface area contributed by atoms with E-state index in [9.17, 15) is 9.59 Å². The number of benzene rings is 1. The van der Waals surface area contributed by atoms with Crippen molar-refractivity contribution in [2.75, 3.05) is 12.3 Å². The molecule has 1 rings (SSSR count). The Kier molecular flexibility index (Phi) is 4.85. The normalized spacial score (nSPS) is 9.81. The van der Waals surface area contributed by atoms with Gasteiger partial charge in [-0.15, -0.1) is 11.8 Å². The van der Waals surface area contributed by atoms with Crippen LogP contribution in [0.3, 0.4) is 0 Å². The molecule has 4 nitrogen and oxygen atoms in total. The summed E-state index contributed by atoms with van der Waals surface area (Å²) in [7, 11) is 0. The first kappa shape index (κ1) is 12.6. The number of carboxylic acids is 1. The molecule has 0 bridgehead atoms. The highest BCUT2D eigenvalue weighted by molar-refractivity contribution is 7.99. The van der Waals surface area contributed by atoms with Crippen molar-refractivity contribution in [1.29, 1.82) is 0 Å². The molecule has 2 N–H and O–H groups in total. The lowest BCUT2D eigenvalue weighted by atomic mass is 10.2. The van der Waals surface area contributed by atoms with Gasteiger partial charge in [-0.2, -0.15) is 0 Å². The SMILES string of the molecule is CC(=O)NCCSc1ccc(C(=O)O)cc1. The number of rotatable bonds is 5. The summed E-state index contributed by atoms with van der Waals surface area (Å²) in [5.74, 6) is -0.192. The van der Waals surface area contributed by atoms with Gasteiger partial charge in [0.05, 0.1) is 5.56 Å². The molecule has 0 aliphatic heterocycles. The third-order valence-corrected chi connectivity index (χ3v) is 2.86. The van der Waals surface area contributed by atoms with Crippen molar-refractivity contribution in [3.63, 3.8) is 0 Å². The third-order valence-electron chi connectivity index (χ3n) is 1.85. The van der Waals surface area contributed by atoms with Crippen LogP contribution in [0.5, 0.6) is 0 Å². The Bertz CT molecular complexity index is 375. The minimum absolute atomic E-state index is 0.0400. The number of carboxylic acid groups (broad SMARTS) is 1. The van der Waals surface area contributed by atoms with Gasteiger partial charge in [0, 0.05) is 24.1 Å². The quantitative estimate of drug-likeness (QED) is 0.605. The molecule has 0 spiro atoms. The van der Waals surface area contributed by atoms with E-state index in [1.54, 1.807) is 36.0 Å². The molecule has 0 radical (unpaired) electrons. The molecular formula is C11H13NO3S. The fourth-order valence-corrected chi connectivity index (χ4v) is 1.86. The van der Waals surface area contributed by atoms with Crippen molar-refractivity contribution in [2.24, 2.45) is 0 Å². The molecule has 0 saturated carbocycles. The van der Waals surface area contributed by atoms with Crippen molar-refractivity contribution in [2.45, 2.75) is 11.8 Å². The van der Waals surface area contributed by atoms with Crippen LogP contribution in [-0.4, -0.2) is 29.3 Å². The molecular weight excluding hydrogens is 226 g/mol. The predicted molar refractivity (Wildman–Crippen MR) is 62.8 cm³/mol. The zero-order valence-electron chi connectivity index (χ0n) is 8.90. The van der Waals surface area contributed by atoms with Crippen LogP contribution in [0.2, 0.25) is 0 Å². The van der Waals surface area contributed by atoms with Gasteiger partial charge >= 0.3 is 5.97 Å². The maximum Gasteiger partial charge on any atom is 0.335 e. The first-order chi connectivity index (χ1) is 7.59. The minimum Gasteiger partial charge on any atom is -0.478 e. The van der Waals surface area contributed by atoms with E-state index >= 15 is 0 Å². The number of amides is 1. The van der Waals surface area contributed by atoms with Gasteiger partial charge in [-0.1, -0.05) is 0 Å². The molecule has 86 valence electrons. The minimum atomic E-state index is -0.921. The summed E-state index contributed by atoms with van der Waals surface area (Å²) < 4.78 is 0. The van der Waals surface area contributed by atoms with Gasteiger partial charge in [0.1, 0.15) is 0 Å². The van der Waals surface area contributed by atoms with Gasteiger partial charge in [0.2, 0.25) is 5.91 Å². The number of hydrogen-bond acceptors (Lipinski definition) is 3. The van der Waals surface area contributed by atoms with Crippen LogP contribution in [0.15, 0.2) is 29.2 Å². The summed E-state index contributed by atoms with van der Waals surface area (Å²) in [6, 6.07) is 6.68. The van der Waals surface area contributed by atoms with Gasteiger partial charge in [-0.05, 0) is 24.3 Å². The number of thioether (sulfide) groups is 1. The summed E-state index contributed by atoms with van der Waals surface area (Å²) in [6.45, 7) is 2.09. The predicted octanol–water partition coefficient (Wildman–Crippen LogP) is 1.61. The average Bonchev–Trinajstić information content (AvgIpc) is 2.25. The van der Waals surface area contributed by atoms with Gasteiger partial charge in [0.15, 0.2) is 0 Å². The smallest absolute Gasteiger partial charge is 0.335 e. The van der Waals surface area contributed by atoms with E-state index in [1.165, 1.54) is 6.92 Å². The van der Waals surface area contributed by atoms with E-state index in [0.29, 0.717) is 6.54 Å². The van der Waals surface area contributed by atoms with E-state index in [-0.39, 0.29) is 11.5 Å². The maximum atomic E-state index is 10.6. The van der Waals surface area contributed by atoms with Crippen LogP contribution in [0.25, 0.3) is 0 Å². The van der Waals surface area contributed by atoms with E-state index < -0.39 is 5.97 Å². The molecule has 0 aromatic heterocycles. The summed E-state index contributed by atoms with van der Waals surface area (Å²) in [6.07, 6.45) is 0. The summed E-state index contributed by atoms with van der Waals surface area (Å²) in [4.78, 5) is 22.2. The van der Waals surface area contributed by atoms with Crippen LogP contribution in [0.4, 0.5) is 0 Å². The van der Waals surface area contributed by atoms with Gasteiger partial charge < -0.3 is 10.4 Å². The Balaban J connectivity index is 2.38. The molecule has 0 unspecified atom stereocenters. The van der Waals surface area contributed by atoms with Crippen LogP contribution in [0.1, 0.15) is 17.3 Å². The Morgan fingerprint density at radius 3 is 2.44 bits per heavy atom. The number of hydrogen-bond donors (Lipinski definition) is 2. The second-order valence-electron chi connectivity index (χ2n) is 3.16. The molecule has 0 atom stereocenters. The number of aromatic carboxylic acids is 1. The lowest BCUT2D eigenvalue weighted by molar-refractivity contribution is -0.118. The van der Waals surface area contributed by atoms with Crippen molar-refractivity contribution in [3.05, 3.63) is 29.8 Å². The third kappa shape index (κ3) is 4.35. The van der Waals surface area contributed by atoms with Crippen molar-refractivity contribution >= 4 is 23.6 Å². The highest BCUT2D eigenvalue weighted by Gasteiger charge is 2.01. The Morgan fingerprint density at radius 2 is 1.94 bits per heavy atom. The fraction of sp³-hybridized carbons (Fsp3) is 0.273. The van der Waals surface area contributed by atoms with Gasteiger partial charge in [-0.3, -0.25) is 4.79 Å². The number of carbonyl (C=O) groups is 2. The molecule has 0 saturated heterocycles. The van der Waals surface area contributed by atoms with Crippen LogP contribution in [0, 0.1) is 0 Å². The van der Waals surface area contributed by atoms with Crippen molar-refractivity contribution in [1.82, 2.24) is 5.32 Å². The number of carbonyl (C=O) groups excluding carboxylic acids is 1. The summed E-state index contributed by atoms with van der Waals surface area (Å²) in [5.41, 5.74) is 0.284. The lowest BCUT2D eigenvalue weighted by Crippen LogP contribution is -2.22. The second kappa shape index (κ2) is 6.17. The summed E-state index contributed by atoms with van der Waals surface area (Å²) >= 11 is 1.58. The zero-order valence-corrected chi connectivity index (χ0v) is 9.71. The Morgan fingerprint density at radius 1 is 1.31 bits per heavy atom. The summed E-state index contributed by atoms with van der Waals surface area (Å²) in [5, 5.41) is 11.4. The van der Waals surface area contributed by atoms with E-state index in [4.69, 9.17) is 5.11 Å². The topological polar surface area (TPSA) is 66.4 Å². The Hall–Kier alpha value is -1.49. The van der Waals surface area contributed by atoms with Crippen LogP contribution in [-0.2, 0) is 4.79 Å².